The van der Waals surface area contributed by atoms with E-state index < -0.39 is 0 Å². The third-order valence-electron chi connectivity index (χ3n) is 2.77. The molecule has 1 heterocycles. The van der Waals surface area contributed by atoms with Crippen molar-refractivity contribution in [2.24, 2.45) is 5.92 Å². The number of hydrogen-bond donors (Lipinski definition) is 0. The first kappa shape index (κ1) is 6.66. The van der Waals surface area contributed by atoms with Crippen molar-refractivity contribution < 1.29 is 4.74 Å². The highest BCUT2D eigenvalue weighted by molar-refractivity contribution is 4.73. The van der Waals surface area contributed by atoms with Gasteiger partial charge in [-0.05, 0) is 18.8 Å². The molecule has 1 atom stereocenters. The molecule has 0 spiro atoms. The summed E-state index contributed by atoms with van der Waals surface area (Å²) in [5, 5.41) is 0. The SMILES string of the molecule is C1CCC(CC[C@H]2CO2)C1. The standard InChI is InChI=1S/C9H16O/c1-2-4-8(3-1)5-6-9-7-10-9/h8-9H,1-7H2/t9-/m0/s1. The van der Waals surface area contributed by atoms with Gasteiger partial charge >= 0.3 is 0 Å². The van der Waals surface area contributed by atoms with Crippen LogP contribution in [0, 0.1) is 5.92 Å². The van der Waals surface area contributed by atoms with Gasteiger partial charge < -0.3 is 4.74 Å². The minimum Gasteiger partial charge on any atom is -0.373 e. The van der Waals surface area contributed by atoms with Gasteiger partial charge in [-0.3, -0.25) is 0 Å². The van der Waals surface area contributed by atoms with Gasteiger partial charge in [0.1, 0.15) is 0 Å². The fourth-order valence-electron chi connectivity index (χ4n) is 1.96. The average Bonchev–Trinajstić information content (AvgIpc) is 2.63. The van der Waals surface area contributed by atoms with Crippen molar-refractivity contribution >= 4 is 0 Å². The molecule has 1 aliphatic heterocycles. The van der Waals surface area contributed by atoms with E-state index in [1.807, 2.05) is 0 Å². The molecule has 0 aromatic rings. The molecule has 0 radical (unpaired) electrons. The van der Waals surface area contributed by atoms with Crippen molar-refractivity contribution in [1.29, 1.82) is 0 Å². The Balaban J connectivity index is 1.59. The molecule has 58 valence electrons. The molecule has 2 rings (SSSR count). The maximum atomic E-state index is 5.17. The maximum absolute atomic E-state index is 5.17. The summed E-state index contributed by atoms with van der Waals surface area (Å²) in [5.41, 5.74) is 0. The van der Waals surface area contributed by atoms with E-state index >= 15 is 0 Å². The van der Waals surface area contributed by atoms with E-state index in [0.29, 0.717) is 6.10 Å². The van der Waals surface area contributed by atoms with Gasteiger partial charge in [-0.25, -0.2) is 0 Å². The monoisotopic (exact) mass is 140 g/mol. The second-order valence-electron chi connectivity index (χ2n) is 3.68. The minimum atomic E-state index is 0.667. The van der Waals surface area contributed by atoms with E-state index in [4.69, 9.17) is 4.74 Å². The van der Waals surface area contributed by atoms with E-state index in [-0.39, 0.29) is 0 Å². The molecule has 1 nitrogen and oxygen atoms in total. The molecular weight excluding hydrogens is 124 g/mol. The Morgan fingerprint density at radius 3 is 2.40 bits per heavy atom. The van der Waals surface area contributed by atoms with E-state index in [0.717, 1.165) is 12.5 Å². The molecule has 1 saturated carbocycles. The first-order valence-corrected chi connectivity index (χ1v) is 4.57. The Morgan fingerprint density at radius 2 is 1.80 bits per heavy atom. The van der Waals surface area contributed by atoms with Crippen LogP contribution in [-0.4, -0.2) is 12.7 Å². The van der Waals surface area contributed by atoms with E-state index in [2.05, 4.69) is 0 Å². The molecule has 0 aromatic heterocycles. The zero-order valence-electron chi connectivity index (χ0n) is 6.51. The second kappa shape index (κ2) is 2.91. The average molecular weight is 140 g/mol. The normalized spacial score (nSPS) is 33.0. The predicted octanol–water partition coefficient (Wildman–Crippen LogP) is 2.36. The smallest absolute Gasteiger partial charge is 0.0810 e. The Labute approximate surface area is 62.8 Å². The lowest BCUT2D eigenvalue weighted by Crippen LogP contribution is -1.95. The van der Waals surface area contributed by atoms with E-state index in [1.54, 1.807) is 0 Å². The summed E-state index contributed by atoms with van der Waals surface area (Å²) in [6, 6.07) is 0. The molecule has 1 aliphatic carbocycles. The number of rotatable bonds is 3. The number of epoxide rings is 1. The Kier molecular flexibility index (Phi) is 1.94. The third kappa shape index (κ3) is 1.72. The van der Waals surface area contributed by atoms with Gasteiger partial charge in [-0.2, -0.15) is 0 Å². The highest BCUT2D eigenvalue weighted by Gasteiger charge is 2.24. The summed E-state index contributed by atoms with van der Waals surface area (Å²) < 4.78 is 5.17. The van der Waals surface area contributed by atoms with Crippen molar-refractivity contribution in [3.05, 3.63) is 0 Å². The summed E-state index contributed by atoms with van der Waals surface area (Å²) in [5.74, 6) is 1.06. The van der Waals surface area contributed by atoms with Crippen LogP contribution in [0.3, 0.4) is 0 Å². The van der Waals surface area contributed by atoms with Crippen molar-refractivity contribution in [3.63, 3.8) is 0 Å². The van der Waals surface area contributed by atoms with E-state index in [1.165, 1.54) is 38.5 Å². The minimum absolute atomic E-state index is 0.667. The zero-order chi connectivity index (χ0) is 6.81. The first-order valence-electron chi connectivity index (χ1n) is 4.57. The van der Waals surface area contributed by atoms with Crippen LogP contribution in [0.2, 0.25) is 0 Å². The van der Waals surface area contributed by atoms with Crippen LogP contribution in [0.15, 0.2) is 0 Å². The zero-order valence-corrected chi connectivity index (χ0v) is 6.51. The Morgan fingerprint density at radius 1 is 1.10 bits per heavy atom. The maximum Gasteiger partial charge on any atom is 0.0810 e. The summed E-state index contributed by atoms with van der Waals surface area (Å²) in [7, 11) is 0. The van der Waals surface area contributed by atoms with Crippen LogP contribution in [-0.2, 0) is 4.74 Å². The number of hydrogen-bond acceptors (Lipinski definition) is 1. The van der Waals surface area contributed by atoms with Crippen molar-refractivity contribution in [2.75, 3.05) is 6.61 Å². The fraction of sp³-hybridized carbons (Fsp3) is 1.00. The van der Waals surface area contributed by atoms with Crippen LogP contribution in [0.4, 0.5) is 0 Å². The summed E-state index contributed by atoms with van der Waals surface area (Å²) in [6.07, 6.45) is 9.39. The van der Waals surface area contributed by atoms with Crippen LogP contribution >= 0.6 is 0 Å². The lowest BCUT2D eigenvalue weighted by Gasteiger charge is -2.05. The van der Waals surface area contributed by atoms with Crippen molar-refractivity contribution in [3.8, 4) is 0 Å². The van der Waals surface area contributed by atoms with Crippen LogP contribution in [0.1, 0.15) is 38.5 Å². The molecule has 0 aromatic carbocycles. The molecule has 2 aliphatic rings. The Hall–Kier alpha value is -0.0400. The van der Waals surface area contributed by atoms with E-state index in [9.17, 15) is 0 Å². The molecule has 10 heavy (non-hydrogen) atoms. The van der Waals surface area contributed by atoms with Gasteiger partial charge in [0.25, 0.3) is 0 Å². The highest BCUT2D eigenvalue weighted by Crippen LogP contribution is 2.30. The van der Waals surface area contributed by atoms with Gasteiger partial charge in [0.05, 0.1) is 12.7 Å². The van der Waals surface area contributed by atoms with Crippen molar-refractivity contribution in [1.82, 2.24) is 0 Å². The topological polar surface area (TPSA) is 12.5 Å². The molecule has 1 heteroatoms. The van der Waals surface area contributed by atoms with Crippen LogP contribution in [0.5, 0.6) is 0 Å². The van der Waals surface area contributed by atoms with Crippen molar-refractivity contribution in [2.45, 2.75) is 44.6 Å². The van der Waals surface area contributed by atoms with Crippen LogP contribution in [0.25, 0.3) is 0 Å². The highest BCUT2D eigenvalue weighted by atomic mass is 16.6. The summed E-state index contributed by atoms with van der Waals surface area (Å²) in [4.78, 5) is 0. The van der Waals surface area contributed by atoms with Crippen LogP contribution < -0.4 is 0 Å². The summed E-state index contributed by atoms with van der Waals surface area (Å²) in [6.45, 7) is 1.05. The van der Waals surface area contributed by atoms with Gasteiger partial charge in [0.2, 0.25) is 0 Å². The lowest BCUT2D eigenvalue weighted by atomic mass is 10.0. The predicted molar refractivity (Wildman–Crippen MR) is 40.9 cm³/mol. The van der Waals surface area contributed by atoms with Gasteiger partial charge in [-0.1, -0.05) is 25.7 Å². The molecule has 0 bridgehead atoms. The fourth-order valence-corrected chi connectivity index (χ4v) is 1.96. The quantitative estimate of drug-likeness (QED) is 0.548. The molecular formula is C9H16O. The molecule has 1 saturated heterocycles. The number of ether oxygens (including phenoxy) is 1. The largest absolute Gasteiger partial charge is 0.373 e. The molecule has 0 amide bonds. The lowest BCUT2D eigenvalue weighted by molar-refractivity contribution is 0.368. The van der Waals surface area contributed by atoms with Gasteiger partial charge in [-0.15, -0.1) is 0 Å². The molecule has 0 N–H and O–H groups in total. The second-order valence-corrected chi connectivity index (χ2v) is 3.68. The van der Waals surface area contributed by atoms with Gasteiger partial charge in [0.15, 0.2) is 0 Å². The Bertz CT molecular complexity index is 101. The summed E-state index contributed by atoms with van der Waals surface area (Å²) >= 11 is 0. The first-order chi connectivity index (χ1) is 4.95. The molecule has 2 fully saturated rings. The van der Waals surface area contributed by atoms with Gasteiger partial charge in [0, 0.05) is 0 Å². The molecule has 0 unspecified atom stereocenters. The third-order valence-corrected chi connectivity index (χ3v) is 2.77.